The van der Waals surface area contributed by atoms with Gasteiger partial charge in [-0.15, -0.1) is 0 Å². The van der Waals surface area contributed by atoms with Crippen LogP contribution in [0.15, 0.2) is 41.3 Å². The molecule has 1 fully saturated rings. The minimum absolute atomic E-state index is 0.0141. The number of rotatable bonds is 7. The number of nitrogens with zero attached hydrogens (tertiary/aromatic N) is 2. The molecule has 0 radical (unpaired) electrons. The third-order valence-corrected chi connectivity index (χ3v) is 8.19. The van der Waals surface area contributed by atoms with Gasteiger partial charge in [-0.2, -0.15) is 4.31 Å². The molecule has 2 heterocycles. The molecule has 2 aromatic rings. The Hall–Kier alpha value is -2.58. The van der Waals surface area contributed by atoms with Crippen molar-refractivity contribution in [3.8, 4) is 11.5 Å². The summed E-state index contributed by atoms with van der Waals surface area (Å²) in [5.74, 6) is 1.31. The van der Waals surface area contributed by atoms with Crippen LogP contribution in [-0.2, 0) is 27.7 Å². The van der Waals surface area contributed by atoms with Gasteiger partial charge in [-0.1, -0.05) is 18.6 Å². The SMILES string of the molecule is COc1cccc(CCC(=O)N2CCc3cc(S(=O)(=O)N4CCCCC4)ccc32)c1OC. The van der Waals surface area contributed by atoms with Crippen LogP contribution in [0.1, 0.15) is 36.8 Å². The van der Waals surface area contributed by atoms with Crippen molar-refractivity contribution in [1.29, 1.82) is 0 Å². The molecule has 4 rings (SSSR count). The van der Waals surface area contributed by atoms with Crippen LogP contribution in [0.5, 0.6) is 11.5 Å². The van der Waals surface area contributed by atoms with Gasteiger partial charge >= 0.3 is 0 Å². The Labute approximate surface area is 190 Å². The number of anilines is 1. The van der Waals surface area contributed by atoms with Gasteiger partial charge in [-0.25, -0.2) is 8.42 Å². The van der Waals surface area contributed by atoms with Crippen molar-refractivity contribution in [2.75, 3.05) is 38.8 Å². The molecule has 0 atom stereocenters. The van der Waals surface area contributed by atoms with Crippen LogP contribution in [-0.4, -0.2) is 52.5 Å². The van der Waals surface area contributed by atoms with Crippen LogP contribution < -0.4 is 14.4 Å². The molecule has 0 bridgehead atoms. The van der Waals surface area contributed by atoms with Crippen LogP contribution in [0.3, 0.4) is 0 Å². The van der Waals surface area contributed by atoms with Gasteiger partial charge in [0.15, 0.2) is 11.5 Å². The lowest BCUT2D eigenvalue weighted by Gasteiger charge is -2.26. The van der Waals surface area contributed by atoms with E-state index in [1.807, 2.05) is 18.2 Å². The number of ether oxygens (including phenoxy) is 2. The lowest BCUT2D eigenvalue weighted by molar-refractivity contribution is -0.118. The Morgan fingerprint density at radius 1 is 1.00 bits per heavy atom. The first-order valence-electron chi connectivity index (χ1n) is 11.1. The number of benzene rings is 2. The second kappa shape index (κ2) is 9.50. The molecule has 8 heteroatoms. The Balaban J connectivity index is 1.47. The molecule has 2 aliphatic rings. The minimum atomic E-state index is -3.48. The monoisotopic (exact) mass is 458 g/mol. The van der Waals surface area contributed by atoms with E-state index in [4.69, 9.17) is 9.47 Å². The van der Waals surface area contributed by atoms with Crippen LogP contribution in [0.2, 0.25) is 0 Å². The number of hydrogen-bond donors (Lipinski definition) is 0. The fourth-order valence-electron chi connectivity index (χ4n) is 4.58. The van der Waals surface area contributed by atoms with Gasteiger partial charge in [0.2, 0.25) is 15.9 Å². The molecule has 0 saturated carbocycles. The number of hydrogen-bond acceptors (Lipinski definition) is 5. The second-order valence-corrected chi connectivity index (χ2v) is 10.1. The van der Waals surface area contributed by atoms with E-state index in [0.29, 0.717) is 55.3 Å². The summed E-state index contributed by atoms with van der Waals surface area (Å²) in [5.41, 5.74) is 2.64. The van der Waals surface area contributed by atoms with Crippen molar-refractivity contribution >= 4 is 21.6 Å². The first-order valence-corrected chi connectivity index (χ1v) is 12.5. The Bertz CT molecular complexity index is 1090. The highest BCUT2D eigenvalue weighted by Crippen LogP contribution is 2.34. The van der Waals surface area contributed by atoms with Gasteiger partial charge in [0, 0.05) is 31.7 Å². The highest BCUT2D eigenvalue weighted by molar-refractivity contribution is 7.89. The largest absolute Gasteiger partial charge is 0.493 e. The van der Waals surface area contributed by atoms with Crippen molar-refractivity contribution in [3.63, 3.8) is 0 Å². The molecule has 0 aliphatic carbocycles. The van der Waals surface area contributed by atoms with Crippen molar-refractivity contribution < 1.29 is 22.7 Å². The van der Waals surface area contributed by atoms with E-state index in [9.17, 15) is 13.2 Å². The zero-order chi connectivity index (χ0) is 22.7. The van der Waals surface area contributed by atoms with E-state index in [0.717, 1.165) is 36.1 Å². The average molecular weight is 459 g/mol. The van der Waals surface area contributed by atoms with Gasteiger partial charge in [-0.05, 0) is 61.1 Å². The third-order valence-electron chi connectivity index (χ3n) is 6.29. The number of carbonyl (C=O) groups excluding carboxylic acids is 1. The van der Waals surface area contributed by atoms with E-state index in [2.05, 4.69) is 0 Å². The normalized spacial score (nSPS) is 16.6. The molecule has 2 aromatic carbocycles. The molecule has 1 saturated heterocycles. The maximum absolute atomic E-state index is 13.0. The zero-order valence-electron chi connectivity index (χ0n) is 18.7. The van der Waals surface area contributed by atoms with Crippen LogP contribution in [0, 0.1) is 0 Å². The lowest BCUT2D eigenvalue weighted by atomic mass is 10.1. The molecule has 172 valence electrons. The summed E-state index contributed by atoms with van der Waals surface area (Å²) in [7, 11) is -0.294. The van der Waals surface area contributed by atoms with Gasteiger partial charge < -0.3 is 14.4 Å². The van der Waals surface area contributed by atoms with E-state index in [1.165, 1.54) is 0 Å². The molecule has 0 unspecified atom stereocenters. The smallest absolute Gasteiger partial charge is 0.243 e. The molecule has 0 N–H and O–H groups in total. The molecule has 2 aliphatic heterocycles. The summed E-state index contributed by atoms with van der Waals surface area (Å²) in [6.07, 6.45) is 4.42. The fourth-order valence-corrected chi connectivity index (χ4v) is 6.15. The lowest BCUT2D eigenvalue weighted by Crippen LogP contribution is -2.35. The maximum Gasteiger partial charge on any atom is 0.243 e. The summed E-state index contributed by atoms with van der Waals surface area (Å²) in [5, 5.41) is 0. The standard InChI is InChI=1S/C24H30N2O5S/c1-30-22-8-6-7-18(24(22)31-2)9-12-23(27)26-16-13-19-17-20(10-11-21(19)26)32(28,29)25-14-4-3-5-15-25/h6-8,10-11,17H,3-5,9,12-16H2,1-2H3. The summed E-state index contributed by atoms with van der Waals surface area (Å²) in [6, 6.07) is 10.8. The summed E-state index contributed by atoms with van der Waals surface area (Å²) in [4.78, 5) is 15.1. The average Bonchev–Trinajstić information content (AvgIpc) is 3.26. The van der Waals surface area contributed by atoms with Gasteiger partial charge in [0.25, 0.3) is 0 Å². The predicted molar refractivity (Wildman–Crippen MR) is 123 cm³/mol. The first-order chi connectivity index (χ1) is 15.5. The first kappa shape index (κ1) is 22.6. The Morgan fingerprint density at radius 2 is 1.78 bits per heavy atom. The van der Waals surface area contributed by atoms with E-state index >= 15 is 0 Å². The van der Waals surface area contributed by atoms with Crippen molar-refractivity contribution in [3.05, 3.63) is 47.5 Å². The minimum Gasteiger partial charge on any atom is -0.493 e. The quantitative estimate of drug-likeness (QED) is 0.636. The van der Waals surface area contributed by atoms with Crippen molar-refractivity contribution in [1.82, 2.24) is 4.31 Å². The number of piperidine rings is 1. The molecule has 32 heavy (non-hydrogen) atoms. The highest BCUT2D eigenvalue weighted by Gasteiger charge is 2.30. The van der Waals surface area contributed by atoms with Gasteiger partial charge in [-0.3, -0.25) is 4.79 Å². The molecular formula is C24H30N2O5S. The number of fused-ring (bicyclic) bond motifs is 1. The van der Waals surface area contributed by atoms with E-state index < -0.39 is 10.0 Å². The maximum atomic E-state index is 13.0. The third kappa shape index (κ3) is 4.34. The highest BCUT2D eigenvalue weighted by atomic mass is 32.2. The van der Waals surface area contributed by atoms with Gasteiger partial charge in [0.1, 0.15) is 0 Å². The fraction of sp³-hybridized carbons (Fsp3) is 0.458. The Morgan fingerprint density at radius 3 is 2.50 bits per heavy atom. The summed E-state index contributed by atoms with van der Waals surface area (Å²) in [6.45, 7) is 1.73. The Kier molecular flexibility index (Phi) is 6.71. The topological polar surface area (TPSA) is 76.2 Å². The van der Waals surface area contributed by atoms with Crippen molar-refractivity contribution in [2.24, 2.45) is 0 Å². The molecule has 1 amide bonds. The second-order valence-electron chi connectivity index (χ2n) is 8.20. The van der Waals surface area contributed by atoms with E-state index in [1.54, 1.807) is 41.6 Å². The number of methoxy groups -OCH3 is 2. The summed E-state index contributed by atoms with van der Waals surface area (Å²) < 4.78 is 38.4. The van der Waals surface area contributed by atoms with Crippen LogP contribution >= 0.6 is 0 Å². The number of sulfonamides is 1. The molecular weight excluding hydrogens is 428 g/mol. The van der Waals surface area contributed by atoms with Gasteiger partial charge in [0.05, 0.1) is 19.1 Å². The molecule has 0 aromatic heterocycles. The number of amides is 1. The molecule has 7 nitrogen and oxygen atoms in total. The van der Waals surface area contributed by atoms with Crippen molar-refractivity contribution in [2.45, 2.75) is 43.4 Å². The molecule has 0 spiro atoms. The van der Waals surface area contributed by atoms with Crippen LogP contribution in [0.4, 0.5) is 5.69 Å². The van der Waals surface area contributed by atoms with E-state index in [-0.39, 0.29) is 5.91 Å². The zero-order valence-corrected chi connectivity index (χ0v) is 19.5. The van der Waals surface area contributed by atoms with Crippen LogP contribution in [0.25, 0.3) is 0 Å². The predicted octanol–water partition coefficient (Wildman–Crippen LogP) is 3.40. The number of aryl methyl sites for hydroxylation is 1. The number of para-hydroxylation sites is 1. The summed E-state index contributed by atoms with van der Waals surface area (Å²) >= 11 is 0. The number of carbonyl (C=O) groups is 1.